The van der Waals surface area contributed by atoms with E-state index < -0.39 is 0 Å². The summed E-state index contributed by atoms with van der Waals surface area (Å²) in [4.78, 5) is 33.8. The molecule has 5 rings (SSSR count). The third kappa shape index (κ3) is 4.22. The first-order valence-corrected chi connectivity index (χ1v) is 12.6. The molecule has 3 heterocycles. The van der Waals surface area contributed by atoms with Crippen molar-refractivity contribution in [1.29, 1.82) is 0 Å². The van der Waals surface area contributed by atoms with Crippen LogP contribution in [0.4, 0.5) is 5.00 Å². The molecule has 1 saturated carbocycles. The van der Waals surface area contributed by atoms with Crippen molar-refractivity contribution >= 4 is 39.5 Å². The highest BCUT2D eigenvalue weighted by Gasteiger charge is 2.35. The maximum atomic E-state index is 12.9. The van der Waals surface area contributed by atoms with Crippen LogP contribution in [0.25, 0.3) is 10.4 Å². The Labute approximate surface area is 195 Å². The number of aromatic nitrogens is 1. The summed E-state index contributed by atoms with van der Waals surface area (Å²) in [5.41, 5.74) is 1.18. The van der Waals surface area contributed by atoms with Gasteiger partial charge in [-0.05, 0) is 37.6 Å². The van der Waals surface area contributed by atoms with Gasteiger partial charge in [0.1, 0.15) is 0 Å². The van der Waals surface area contributed by atoms with Gasteiger partial charge in [0.25, 0.3) is 5.91 Å². The van der Waals surface area contributed by atoms with E-state index in [0.717, 1.165) is 34.1 Å². The number of nitrogens with one attached hydrogen (secondary N) is 2. The van der Waals surface area contributed by atoms with Crippen LogP contribution in [0, 0.1) is 5.92 Å². The Bertz CT molecular complexity index is 1100. The molecule has 2 aromatic heterocycles. The molecule has 6 nitrogen and oxygen atoms in total. The minimum absolute atomic E-state index is 0.00327. The van der Waals surface area contributed by atoms with Crippen molar-refractivity contribution in [2.24, 2.45) is 5.92 Å². The molecule has 1 aliphatic carbocycles. The number of hydrogen-bond acceptors (Lipinski definition) is 6. The summed E-state index contributed by atoms with van der Waals surface area (Å²) in [6, 6.07) is 14.1. The van der Waals surface area contributed by atoms with Gasteiger partial charge in [0.05, 0.1) is 25.7 Å². The van der Waals surface area contributed by atoms with E-state index in [4.69, 9.17) is 0 Å². The molecule has 2 fully saturated rings. The molecular weight excluding hydrogens is 440 g/mol. The second-order valence-electron chi connectivity index (χ2n) is 8.42. The maximum Gasteiger partial charge on any atom is 0.264 e. The highest BCUT2D eigenvalue weighted by Crippen LogP contribution is 2.36. The van der Waals surface area contributed by atoms with Gasteiger partial charge in [0.15, 0.2) is 0 Å². The SMILES string of the molecule is CN[C@H]1CCC[C@H]1C(=O)Nc1ccc(C(=O)N2CC(c3ncc(-c4ccccc4)s3)C2)s1. The van der Waals surface area contributed by atoms with Crippen LogP contribution in [-0.4, -0.2) is 47.9 Å². The molecule has 32 heavy (non-hydrogen) atoms. The second-order valence-corrected chi connectivity index (χ2v) is 10.6. The molecule has 166 valence electrons. The summed E-state index contributed by atoms with van der Waals surface area (Å²) in [5, 5.41) is 8.08. The van der Waals surface area contributed by atoms with Crippen molar-refractivity contribution in [2.75, 3.05) is 25.5 Å². The van der Waals surface area contributed by atoms with E-state index >= 15 is 0 Å². The molecule has 2 amide bonds. The molecule has 3 aromatic rings. The molecule has 2 N–H and O–H groups in total. The molecule has 0 radical (unpaired) electrons. The topological polar surface area (TPSA) is 74.3 Å². The Morgan fingerprint density at radius 2 is 1.88 bits per heavy atom. The first kappa shape index (κ1) is 21.3. The predicted molar refractivity (Wildman–Crippen MR) is 129 cm³/mol. The van der Waals surface area contributed by atoms with E-state index in [1.807, 2.05) is 48.5 Å². The van der Waals surface area contributed by atoms with Crippen LogP contribution >= 0.6 is 22.7 Å². The number of amides is 2. The zero-order chi connectivity index (χ0) is 22.1. The lowest BCUT2D eigenvalue weighted by molar-refractivity contribution is -0.120. The second kappa shape index (κ2) is 9.13. The average molecular weight is 467 g/mol. The number of rotatable bonds is 6. The Hall–Kier alpha value is -2.55. The van der Waals surface area contributed by atoms with Gasteiger partial charge in [-0.25, -0.2) is 4.98 Å². The van der Waals surface area contributed by atoms with Crippen LogP contribution in [-0.2, 0) is 4.79 Å². The highest BCUT2D eigenvalue weighted by molar-refractivity contribution is 7.18. The fourth-order valence-electron chi connectivity index (χ4n) is 4.52. The van der Waals surface area contributed by atoms with Crippen LogP contribution in [0.2, 0.25) is 0 Å². The van der Waals surface area contributed by atoms with Crippen molar-refractivity contribution in [2.45, 2.75) is 31.2 Å². The normalized spacial score (nSPS) is 20.8. The maximum absolute atomic E-state index is 12.9. The Morgan fingerprint density at radius 1 is 1.06 bits per heavy atom. The minimum Gasteiger partial charge on any atom is -0.336 e. The van der Waals surface area contributed by atoms with Gasteiger partial charge in [0, 0.05) is 31.2 Å². The van der Waals surface area contributed by atoms with Crippen LogP contribution < -0.4 is 10.6 Å². The summed E-state index contributed by atoms with van der Waals surface area (Å²) in [5.74, 6) is 0.364. The smallest absolute Gasteiger partial charge is 0.264 e. The zero-order valence-electron chi connectivity index (χ0n) is 17.9. The average Bonchev–Trinajstić information content (AvgIpc) is 3.53. The third-order valence-corrected chi connectivity index (χ3v) is 8.58. The number of likely N-dealkylation sites (tertiary alicyclic amines) is 1. The van der Waals surface area contributed by atoms with E-state index in [0.29, 0.717) is 23.9 Å². The molecule has 2 aliphatic rings. The van der Waals surface area contributed by atoms with Gasteiger partial charge in [-0.15, -0.1) is 22.7 Å². The Morgan fingerprint density at radius 3 is 2.66 bits per heavy atom. The first-order valence-electron chi connectivity index (χ1n) is 11.0. The monoisotopic (exact) mass is 466 g/mol. The van der Waals surface area contributed by atoms with Crippen LogP contribution in [0.1, 0.15) is 39.9 Å². The van der Waals surface area contributed by atoms with Gasteiger partial charge >= 0.3 is 0 Å². The van der Waals surface area contributed by atoms with E-state index in [2.05, 4.69) is 27.8 Å². The lowest BCUT2D eigenvalue weighted by Crippen LogP contribution is -2.48. The molecule has 0 unspecified atom stereocenters. The zero-order valence-corrected chi connectivity index (χ0v) is 19.5. The van der Waals surface area contributed by atoms with Crippen LogP contribution in [0.3, 0.4) is 0 Å². The van der Waals surface area contributed by atoms with Crippen molar-refractivity contribution < 1.29 is 9.59 Å². The van der Waals surface area contributed by atoms with Crippen LogP contribution in [0.15, 0.2) is 48.7 Å². The number of benzene rings is 1. The lowest BCUT2D eigenvalue weighted by atomic mass is 10.0. The molecule has 1 saturated heterocycles. The summed E-state index contributed by atoms with van der Waals surface area (Å²) in [6.45, 7) is 1.37. The Kier molecular flexibility index (Phi) is 6.08. The molecule has 0 bridgehead atoms. The van der Waals surface area contributed by atoms with E-state index in [1.54, 1.807) is 11.3 Å². The van der Waals surface area contributed by atoms with Crippen molar-refractivity contribution in [1.82, 2.24) is 15.2 Å². The summed E-state index contributed by atoms with van der Waals surface area (Å²) < 4.78 is 0. The number of thiazole rings is 1. The number of anilines is 1. The predicted octanol–water partition coefficient (Wildman–Crippen LogP) is 4.44. The van der Waals surface area contributed by atoms with Crippen molar-refractivity contribution in [3.8, 4) is 10.4 Å². The molecule has 1 aliphatic heterocycles. The lowest BCUT2D eigenvalue weighted by Gasteiger charge is -2.37. The quantitative estimate of drug-likeness (QED) is 0.563. The summed E-state index contributed by atoms with van der Waals surface area (Å²) in [7, 11) is 1.91. The number of carbonyl (C=O) groups excluding carboxylic acids is 2. The number of hydrogen-bond donors (Lipinski definition) is 2. The molecule has 8 heteroatoms. The highest BCUT2D eigenvalue weighted by atomic mass is 32.1. The molecule has 2 atom stereocenters. The first-order chi connectivity index (χ1) is 15.6. The fourth-order valence-corrected chi connectivity index (χ4v) is 6.41. The third-order valence-electron chi connectivity index (χ3n) is 6.39. The van der Waals surface area contributed by atoms with Gasteiger partial charge in [0.2, 0.25) is 5.91 Å². The van der Waals surface area contributed by atoms with Crippen molar-refractivity contribution in [3.63, 3.8) is 0 Å². The van der Waals surface area contributed by atoms with Gasteiger partial charge in [-0.3, -0.25) is 9.59 Å². The van der Waals surface area contributed by atoms with Crippen LogP contribution in [0.5, 0.6) is 0 Å². The molecule has 0 spiro atoms. The molecule has 1 aromatic carbocycles. The van der Waals surface area contributed by atoms with E-state index in [1.165, 1.54) is 16.9 Å². The molecular formula is C24H26N4O2S2. The standard InChI is InChI=1S/C24H26N4O2S2/c1-25-18-9-5-8-17(18)22(29)27-21-11-10-19(31-21)24(30)28-13-16(14-28)23-26-12-20(32-23)15-6-3-2-4-7-15/h2-4,6-7,10-12,16-18,25H,5,8-9,13-14H2,1H3,(H,27,29)/t17-,18+/m1/s1. The summed E-state index contributed by atoms with van der Waals surface area (Å²) >= 11 is 3.06. The number of carbonyl (C=O) groups is 2. The minimum atomic E-state index is -0.00327. The van der Waals surface area contributed by atoms with Gasteiger partial charge < -0.3 is 15.5 Å². The fraction of sp³-hybridized carbons (Fsp3) is 0.375. The van der Waals surface area contributed by atoms with Gasteiger partial charge in [-0.1, -0.05) is 36.8 Å². The largest absolute Gasteiger partial charge is 0.336 e. The number of thiophene rings is 1. The van der Waals surface area contributed by atoms with Gasteiger partial charge in [-0.2, -0.15) is 0 Å². The number of nitrogens with zero attached hydrogens (tertiary/aromatic N) is 2. The van der Waals surface area contributed by atoms with Crippen molar-refractivity contribution in [3.05, 3.63) is 58.5 Å². The summed E-state index contributed by atoms with van der Waals surface area (Å²) in [6.07, 6.45) is 4.94. The Balaban J connectivity index is 1.16. The van der Waals surface area contributed by atoms with E-state index in [-0.39, 0.29) is 23.8 Å². The van der Waals surface area contributed by atoms with E-state index in [9.17, 15) is 9.59 Å².